The third kappa shape index (κ3) is 4.83. The molecule has 0 spiro atoms. The molecule has 0 amide bonds. The van der Waals surface area contributed by atoms with Crippen molar-refractivity contribution in [3.63, 3.8) is 0 Å². The fourth-order valence-corrected chi connectivity index (χ4v) is 1.93. The van der Waals surface area contributed by atoms with E-state index in [1.807, 2.05) is 6.20 Å². The Hall–Kier alpha value is -0.940. The molecule has 1 rings (SSSR count). The average Bonchev–Trinajstić information content (AvgIpc) is 2.65. The predicted octanol–water partition coefficient (Wildman–Crippen LogP) is 1.10. The van der Waals surface area contributed by atoms with Gasteiger partial charge in [0.1, 0.15) is 0 Å². The van der Waals surface area contributed by atoms with Gasteiger partial charge in [0.25, 0.3) is 0 Å². The first-order valence-electron chi connectivity index (χ1n) is 6.32. The van der Waals surface area contributed by atoms with Crippen molar-refractivity contribution in [3.05, 3.63) is 11.9 Å². The molecule has 5 heteroatoms. The van der Waals surface area contributed by atoms with Gasteiger partial charge in [0, 0.05) is 25.3 Å². The van der Waals surface area contributed by atoms with Crippen molar-refractivity contribution >= 4 is 0 Å². The number of nitrogens with zero attached hydrogens (tertiary/aromatic N) is 4. The van der Waals surface area contributed by atoms with Crippen LogP contribution in [0.15, 0.2) is 6.20 Å². The standard InChI is InChI=1S/C12H25N5/c1-10(2)7-11(3)16(4)8-12-9-17(6-5-13)15-14-12/h9-11H,5-8,13H2,1-4H3. The van der Waals surface area contributed by atoms with E-state index in [0.29, 0.717) is 12.6 Å². The molecule has 1 atom stereocenters. The average molecular weight is 239 g/mol. The molecule has 2 N–H and O–H groups in total. The van der Waals surface area contributed by atoms with Crippen molar-refractivity contribution in [1.82, 2.24) is 19.9 Å². The van der Waals surface area contributed by atoms with Gasteiger partial charge < -0.3 is 5.73 Å². The molecule has 0 radical (unpaired) electrons. The first-order valence-corrected chi connectivity index (χ1v) is 6.32. The van der Waals surface area contributed by atoms with Gasteiger partial charge in [-0.3, -0.25) is 9.58 Å². The maximum Gasteiger partial charge on any atom is 0.0967 e. The number of rotatable bonds is 7. The smallest absolute Gasteiger partial charge is 0.0967 e. The zero-order valence-corrected chi connectivity index (χ0v) is 11.4. The van der Waals surface area contributed by atoms with Crippen LogP contribution in [0, 0.1) is 5.92 Å². The molecule has 0 saturated carbocycles. The number of hydrogen-bond acceptors (Lipinski definition) is 4. The van der Waals surface area contributed by atoms with Gasteiger partial charge in [0.15, 0.2) is 0 Å². The van der Waals surface area contributed by atoms with Crippen molar-refractivity contribution in [1.29, 1.82) is 0 Å². The molecule has 1 aromatic rings. The van der Waals surface area contributed by atoms with Gasteiger partial charge in [0.2, 0.25) is 0 Å². The highest BCUT2D eigenvalue weighted by Gasteiger charge is 2.12. The first kappa shape index (κ1) is 14.1. The van der Waals surface area contributed by atoms with Crippen LogP contribution in [0.3, 0.4) is 0 Å². The van der Waals surface area contributed by atoms with E-state index < -0.39 is 0 Å². The van der Waals surface area contributed by atoms with Crippen LogP contribution in [-0.2, 0) is 13.1 Å². The lowest BCUT2D eigenvalue weighted by Crippen LogP contribution is -2.29. The van der Waals surface area contributed by atoms with Crippen molar-refractivity contribution in [2.24, 2.45) is 11.7 Å². The Bertz CT molecular complexity index is 320. The molecule has 1 unspecified atom stereocenters. The molecule has 0 aliphatic heterocycles. The van der Waals surface area contributed by atoms with Crippen molar-refractivity contribution in [2.45, 2.75) is 46.3 Å². The van der Waals surface area contributed by atoms with E-state index in [2.05, 4.69) is 43.0 Å². The van der Waals surface area contributed by atoms with Crippen molar-refractivity contribution < 1.29 is 0 Å². The monoisotopic (exact) mass is 239 g/mol. The molecule has 5 nitrogen and oxygen atoms in total. The minimum absolute atomic E-state index is 0.564. The molecule has 0 aliphatic carbocycles. The van der Waals surface area contributed by atoms with Crippen LogP contribution >= 0.6 is 0 Å². The maximum atomic E-state index is 5.48. The number of nitrogens with two attached hydrogens (primary N) is 1. The summed E-state index contributed by atoms with van der Waals surface area (Å²) in [6, 6.07) is 0.564. The minimum Gasteiger partial charge on any atom is -0.329 e. The fraction of sp³-hybridized carbons (Fsp3) is 0.833. The van der Waals surface area contributed by atoms with E-state index in [1.54, 1.807) is 4.68 Å². The second-order valence-corrected chi connectivity index (χ2v) is 5.16. The molecule has 0 bridgehead atoms. The molecular weight excluding hydrogens is 214 g/mol. The largest absolute Gasteiger partial charge is 0.329 e. The highest BCUT2D eigenvalue weighted by Crippen LogP contribution is 2.11. The zero-order valence-electron chi connectivity index (χ0n) is 11.4. The van der Waals surface area contributed by atoms with E-state index in [1.165, 1.54) is 6.42 Å². The summed E-state index contributed by atoms with van der Waals surface area (Å²) in [5, 5.41) is 8.19. The first-order chi connectivity index (χ1) is 8.02. The molecule has 0 aliphatic rings. The minimum atomic E-state index is 0.564. The molecule has 1 heterocycles. The Balaban J connectivity index is 2.46. The molecular formula is C12H25N5. The highest BCUT2D eigenvalue weighted by molar-refractivity contribution is 4.92. The Morgan fingerprint density at radius 1 is 1.41 bits per heavy atom. The Morgan fingerprint density at radius 3 is 2.71 bits per heavy atom. The third-order valence-corrected chi connectivity index (χ3v) is 2.92. The van der Waals surface area contributed by atoms with Crippen molar-refractivity contribution in [2.75, 3.05) is 13.6 Å². The van der Waals surface area contributed by atoms with E-state index in [-0.39, 0.29) is 0 Å². The lowest BCUT2D eigenvalue weighted by Gasteiger charge is -2.25. The predicted molar refractivity (Wildman–Crippen MR) is 69.5 cm³/mol. The van der Waals surface area contributed by atoms with Crippen LogP contribution in [-0.4, -0.2) is 39.5 Å². The van der Waals surface area contributed by atoms with Crippen LogP contribution in [0.25, 0.3) is 0 Å². The van der Waals surface area contributed by atoms with Crippen LogP contribution in [0.2, 0.25) is 0 Å². The van der Waals surface area contributed by atoms with Gasteiger partial charge in [0.05, 0.1) is 12.2 Å². The quantitative estimate of drug-likeness (QED) is 0.774. The van der Waals surface area contributed by atoms with E-state index >= 15 is 0 Å². The van der Waals surface area contributed by atoms with E-state index in [0.717, 1.165) is 24.7 Å². The lowest BCUT2D eigenvalue weighted by atomic mass is 10.0. The summed E-state index contributed by atoms with van der Waals surface area (Å²) < 4.78 is 1.80. The summed E-state index contributed by atoms with van der Waals surface area (Å²) in [6.45, 7) is 8.94. The van der Waals surface area contributed by atoms with Gasteiger partial charge in [-0.1, -0.05) is 19.1 Å². The van der Waals surface area contributed by atoms with Gasteiger partial charge >= 0.3 is 0 Å². The molecule has 0 fully saturated rings. The second kappa shape index (κ2) is 6.71. The SMILES string of the molecule is CC(C)CC(C)N(C)Cc1cn(CCN)nn1. The molecule has 0 aromatic carbocycles. The second-order valence-electron chi connectivity index (χ2n) is 5.16. The van der Waals surface area contributed by atoms with Gasteiger partial charge in [-0.15, -0.1) is 5.10 Å². The number of aromatic nitrogens is 3. The molecule has 17 heavy (non-hydrogen) atoms. The normalized spacial score (nSPS) is 13.6. The zero-order chi connectivity index (χ0) is 12.8. The lowest BCUT2D eigenvalue weighted by molar-refractivity contribution is 0.218. The summed E-state index contributed by atoms with van der Waals surface area (Å²) >= 11 is 0. The summed E-state index contributed by atoms with van der Waals surface area (Å²) in [4.78, 5) is 2.32. The summed E-state index contributed by atoms with van der Waals surface area (Å²) in [5.74, 6) is 0.723. The molecule has 1 aromatic heterocycles. The summed E-state index contributed by atoms with van der Waals surface area (Å²) in [7, 11) is 2.13. The van der Waals surface area contributed by atoms with Gasteiger partial charge in [-0.05, 0) is 26.3 Å². The number of hydrogen-bond donors (Lipinski definition) is 1. The van der Waals surface area contributed by atoms with E-state index in [9.17, 15) is 0 Å². The van der Waals surface area contributed by atoms with Crippen LogP contribution in [0.4, 0.5) is 0 Å². The van der Waals surface area contributed by atoms with E-state index in [4.69, 9.17) is 5.73 Å². The van der Waals surface area contributed by atoms with Crippen LogP contribution in [0.5, 0.6) is 0 Å². The third-order valence-electron chi connectivity index (χ3n) is 2.92. The van der Waals surface area contributed by atoms with Gasteiger partial charge in [-0.2, -0.15) is 0 Å². The van der Waals surface area contributed by atoms with Crippen molar-refractivity contribution in [3.8, 4) is 0 Å². The van der Waals surface area contributed by atoms with Crippen LogP contribution in [0.1, 0.15) is 32.9 Å². The summed E-state index contributed by atoms with van der Waals surface area (Å²) in [6.07, 6.45) is 3.18. The molecule has 98 valence electrons. The Labute approximate surface area is 104 Å². The fourth-order valence-electron chi connectivity index (χ4n) is 1.93. The highest BCUT2D eigenvalue weighted by atomic mass is 15.4. The molecule has 0 saturated heterocycles. The maximum absolute atomic E-state index is 5.48. The topological polar surface area (TPSA) is 60.0 Å². The Kier molecular flexibility index (Phi) is 5.58. The van der Waals surface area contributed by atoms with Crippen LogP contribution < -0.4 is 5.73 Å². The van der Waals surface area contributed by atoms with Gasteiger partial charge in [-0.25, -0.2) is 0 Å². The summed E-state index contributed by atoms with van der Waals surface area (Å²) in [5.41, 5.74) is 6.49. The Morgan fingerprint density at radius 2 is 2.12 bits per heavy atom.